The lowest BCUT2D eigenvalue weighted by Gasteiger charge is -2.15. The van der Waals surface area contributed by atoms with Gasteiger partial charge in [0, 0.05) is 7.05 Å². The van der Waals surface area contributed by atoms with Crippen LogP contribution in [0.15, 0.2) is 70.6 Å². The first kappa shape index (κ1) is 26.7. The second kappa shape index (κ2) is 11.8. The summed E-state index contributed by atoms with van der Waals surface area (Å²) in [6, 6.07) is 15.9. The molecular formula is C27H22FIN2O5S. The fourth-order valence-electron chi connectivity index (χ4n) is 3.40. The standard InChI is InChI=1S/C27H22FIN2O5S/c1-3-35-22-13-17(12-21(29)24(22)36-15-16-4-8-19(28)9-5-16)14-23-25(32)31(2)27(37-23)30-20-10-6-18(7-11-20)26(33)34/h4-14H,3,15H2,1-2H3,(H,33,34). The number of rotatable bonds is 8. The van der Waals surface area contributed by atoms with Crippen LogP contribution >= 0.6 is 34.4 Å². The van der Waals surface area contributed by atoms with Gasteiger partial charge < -0.3 is 14.6 Å². The van der Waals surface area contributed by atoms with Crippen LogP contribution in [-0.2, 0) is 11.4 Å². The molecule has 4 rings (SSSR count). The number of nitrogens with zero attached hydrogens (tertiary/aromatic N) is 2. The maximum atomic E-state index is 13.2. The molecule has 3 aromatic rings. The largest absolute Gasteiger partial charge is 0.490 e. The van der Waals surface area contributed by atoms with Crippen LogP contribution < -0.4 is 9.47 Å². The van der Waals surface area contributed by atoms with E-state index in [1.165, 1.54) is 40.9 Å². The van der Waals surface area contributed by atoms with Crippen LogP contribution in [0.3, 0.4) is 0 Å². The molecule has 0 bridgehead atoms. The second-order valence-corrected chi connectivity index (χ2v) is 10.1. The fourth-order valence-corrected chi connectivity index (χ4v) is 5.17. The fraction of sp³-hybridized carbons (Fsp3) is 0.148. The maximum Gasteiger partial charge on any atom is 0.335 e. The Bertz CT molecular complexity index is 1390. The highest BCUT2D eigenvalue weighted by molar-refractivity contribution is 14.1. The summed E-state index contributed by atoms with van der Waals surface area (Å²) >= 11 is 3.39. The molecule has 0 aliphatic carbocycles. The minimum Gasteiger partial charge on any atom is -0.490 e. The first-order chi connectivity index (χ1) is 17.7. The van der Waals surface area contributed by atoms with Gasteiger partial charge in [-0.3, -0.25) is 9.69 Å². The van der Waals surface area contributed by atoms with Gasteiger partial charge in [-0.05, 0) is 107 Å². The molecular weight excluding hydrogens is 610 g/mol. The van der Waals surface area contributed by atoms with Gasteiger partial charge in [-0.2, -0.15) is 0 Å². The number of aliphatic imine (C=N–C) groups is 1. The first-order valence-electron chi connectivity index (χ1n) is 11.2. The smallest absolute Gasteiger partial charge is 0.335 e. The van der Waals surface area contributed by atoms with Crippen LogP contribution in [0.4, 0.5) is 10.1 Å². The molecule has 1 N–H and O–H groups in total. The van der Waals surface area contributed by atoms with Crippen LogP contribution in [0, 0.1) is 9.39 Å². The number of aromatic carboxylic acids is 1. The molecule has 1 heterocycles. The van der Waals surface area contributed by atoms with E-state index in [2.05, 4.69) is 27.6 Å². The number of thioether (sulfide) groups is 1. The van der Waals surface area contributed by atoms with Crippen LogP contribution in [0.1, 0.15) is 28.4 Å². The molecule has 7 nitrogen and oxygen atoms in total. The summed E-state index contributed by atoms with van der Waals surface area (Å²) < 4.78 is 25.8. The minimum absolute atomic E-state index is 0.165. The summed E-state index contributed by atoms with van der Waals surface area (Å²) in [5.41, 5.74) is 2.30. The van der Waals surface area contributed by atoms with Gasteiger partial charge in [-0.25, -0.2) is 14.2 Å². The van der Waals surface area contributed by atoms with Gasteiger partial charge in [-0.1, -0.05) is 12.1 Å². The number of benzene rings is 3. The van der Waals surface area contributed by atoms with Gasteiger partial charge >= 0.3 is 5.97 Å². The molecule has 10 heteroatoms. The van der Waals surface area contributed by atoms with E-state index in [9.17, 15) is 14.0 Å². The molecule has 37 heavy (non-hydrogen) atoms. The van der Waals surface area contributed by atoms with Crippen molar-refractivity contribution >= 4 is 63.2 Å². The average molecular weight is 632 g/mol. The summed E-state index contributed by atoms with van der Waals surface area (Å²) in [6.45, 7) is 2.55. The van der Waals surface area contributed by atoms with Crippen molar-refractivity contribution in [3.8, 4) is 11.5 Å². The zero-order valence-electron chi connectivity index (χ0n) is 19.9. The molecule has 0 atom stereocenters. The predicted molar refractivity (Wildman–Crippen MR) is 150 cm³/mol. The number of amides is 1. The average Bonchev–Trinajstić information content (AvgIpc) is 3.12. The van der Waals surface area contributed by atoms with Crippen molar-refractivity contribution in [2.24, 2.45) is 4.99 Å². The minimum atomic E-state index is -1.01. The summed E-state index contributed by atoms with van der Waals surface area (Å²) in [4.78, 5) is 30.4. The number of halogens is 2. The van der Waals surface area contributed by atoms with Crippen molar-refractivity contribution in [1.82, 2.24) is 4.90 Å². The Morgan fingerprint density at radius 3 is 2.49 bits per heavy atom. The monoisotopic (exact) mass is 632 g/mol. The van der Waals surface area contributed by atoms with E-state index in [1.54, 1.807) is 37.4 Å². The molecule has 0 unspecified atom stereocenters. The number of carbonyl (C=O) groups is 2. The Hall–Kier alpha value is -3.38. The van der Waals surface area contributed by atoms with Gasteiger partial charge in [0.1, 0.15) is 12.4 Å². The molecule has 0 radical (unpaired) electrons. The Morgan fingerprint density at radius 1 is 1.14 bits per heavy atom. The van der Waals surface area contributed by atoms with Gasteiger partial charge in [0.05, 0.1) is 26.3 Å². The maximum absolute atomic E-state index is 13.2. The third-order valence-corrected chi connectivity index (χ3v) is 7.13. The Kier molecular flexibility index (Phi) is 8.49. The van der Waals surface area contributed by atoms with Crippen molar-refractivity contribution in [2.45, 2.75) is 13.5 Å². The lowest BCUT2D eigenvalue weighted by atomic mass is 10.1. The molecule has 1 aliphatic rings. The van der Waals surface area contributed by atoms with Crippen molar-refractivity contribution in [2.75, 3.05) is 13.7 Å². The van der Waals surface area contributed by atoms with E-state index < -0.39 is 5.97 Å². The van der Waals surface area contributed by atoms with E-state index in [-0.39, 0.29) is 23.9 Å². The molecule has 3 aromatic carbocycles. The van der Waals surface area contributed by atoms with Gasteiger partial charge in [0.25, 0.3) is 5.91 Å². The Morgan fingerprint density at radius 2 is 1.84 bits per heavy atom. The molecule has 1 amide bonds. The normalized spacial score (nSPS) is 15.5. The quantitative estimate of drug-likeness (QED) is 0.231. The third-order valence-electron chi connectivity index (χ3n) is 5.27. The zero-order chi connectivity index (χ0) is 26.5. The summed E-state index contributed by atoms with van der Waals surface area (Å²) in [7, 11) is 1.64. The summed E-state index contributed by atoms with van der Waals surface area (Å²) in [6.07, 6.45) is 1.77. The van der Waals surface area contributed by atoms with E-state index in [0.717, 1.165) is 14.7 Å². The van der Waals surface area contributed by atoms with Crippen LogP contribution in [0.5, 0.6) is 11.5 Å². The van der Waals surface area contributed by atoms with Crippen LogP contribution in [0.25, 0.3) is 6.08 Å². The lowest BCUT2D eigenvalue weighted by molar-refractivity contribution is -0.121. The molecule has 0 saturated carbocycles. The van der Waals surface area contributed by atoms with Crippen LogP contribution in [0.2, 0.25) is 0 Å². The molecule has 1 aliphatic heterocycles. The number of carboxylic acid groups (broad SMARTS) is 1. The van der Waals surface area contributed by atoms with E-state index in [4.69, 9.17) is 14.6 Å². The van der Waals surface area contributed by atoms with Gasteiger partial charge in [0.15, 0.2) is 16.7 Å². The SMILES string of the molecule is CCOc1cc(C=C2SC(=Nc3ccc(C(=O)O)cc3)N(C)C2=O)cc(I)c1OCc1ccc(F)cc1. The number of likely N-dealkylation sites (N-methyl/N-ethyl adjacent to an activating group) is 1. The molecule has 0 spiro atoms. The van der Waals surface area contributed by atoms with Crippen molar-refractivity contribution < 1.29 is 28.6 Å². The Labute approximate surface area is 231 Å². The summed E-state index contributed by atoms with van der Waals surface area (Å²) in [5.74, 6) is -0.404. The summed E-state index contributed by atoms with van der Waals surface area (Å²) in [5, 5.41) is 9.55. The third kappa shape index (κ3) is 6.50. The lowest BCUT2D eigenvalue weighted by Crippen LogP contribution is -2.23. The van der Waals surface area contributed by atoms with Crippen molar-refractivity contribution in [3.05, 3.63) is 91.6 Å². The number of ether oxygens (including phenoxy) is 2. The number of hydrogen-bond acceptors (Lipinski definition) is 6. The molecule has 1 saturated heterocycles. The van der Waals surface area contributed by atoms with Crippen molar-refractivity contribution in [3.63, 3.8) is 0 Å². The number of carboxylic acids is 1. The van der Waals surface area contributed by atoms with E-state index in [1.807, 2.05) is 19.1 Å². The van der Waals surface area contributed by atoms with Gasteiger partial charge in [0.2, 0.25) is 0 Å². The van der Waals surface area contributed by atoms with Crippen molar-refractivity contribution in [1.29, 1.82) is 0 Å². The highest BCUT2D eigenvalue weighted by Gasteiger charge is 2.30. The predicted octanol–water partition coefficient (Wildman–Crippen LogP) is 6.34. The zero-order valence-corrected chi connectivity index (χ0v) is 22.9. The number of carbonyl (C=O) groups excluding carboxylic acids is 1. The Balaban J connectivity index is 1.57. The van der Waals surface area contributed by atoms with Crippen LogP contribution in [-0.4, -0.2) is 40.7 Å². The highest BCUT2D eigenvalue weighted by atomic mass is 127. The second-order valence-electron chi connectivity index (χ2n) is 7.90. The topological polar surface area (TPSA) is 88.4 Å². The molecule has 190 valence electrons. The number of hydrogen-bond donors (Lipinski definition) is 1. The van der Waals surface area contributed by atoms with Gasteiger partial charge in [-0.15, -0.1) is 0 Å². The van der Waals surface area contributed by atoms with E-state index in [0.29, 0.717) is 33.9 Å². The first-order valence-corrected chi connectivity index (χ1v) is 13.1. The molecule has 1 fully saturated rings. The molecule has 0 aromatic heterocycles. The van der Waals surface area contributed by atoms with E-state index >= 15 is 0 Å². The highest BCUT2D eigenvalue weighted by Crippen LogP contribution is 2.38. The number of amidine groups is 1.